The van der Waals surface area contributed by atoms with E-state index < -0.39 is 0 Å². The van der Waals surface area contributed by atoms with Crippen LogP contribution < -0.4 is 5.73 Å². The highest BCUT2D eigenvalue weighted by Gasteiger charge is 2.05. The maximum absolute atomic E-state index is 8.95. The lowest BCUT2D eigenvalue weighted by atomic mass is 10.1. The Morgan fingerprint density at radius 1 is 1.14 bits per heavy atom. The fraction of sp³-hybridized carbons (Fsp3) is 0. The third-order valence-electron chi connectivity index (χ3n) is 2.07. The van der Waals surface area contributed by atoms with Crippen LogP contribution in [-0.4, -0.2) is 4.57 Å². The number of nitrogen functional groups attached to an aromatic ring is 1. The molecule has 2 N–H and O–H groups in total. The van der Waals surface area contributed by atoms with E-state index in [4.69, 9.17) is 11.0 Å². The lowest BCUT2D eigenvalue weighted by molar-refractivity contribution is 1.07. The van der Waals surface area contributed by atoms with E-state index in [-0.39, 0.29) is 0 Å². The number of benzene rings is 1. The highest BCUT2D eigenvalue weighted by molar-refractivity contribution is 5.63. The molecule has 0 fully saturated rings. The van der Waals surface area contributed by atoms with E-state index in [9.17, 15) is 0 Å². The minimum Gasteiger partial charge on any atom is -0.398 e. The van der Waals surface area contributed by atoms with Crippen LogP contribution in [0.25, 0.3) is 5.69 Å². The second-order valence-electron chi connectivity index (χ2n) is 2.94. The van der Waals surface area contributed by atoms with Crippen molar-refractivity contribution in [2.75, 3.05) is 5.73 Å². The molecule has 0 atom stereocenters. The van der Waals surface area contributed by atoms with Crippen LogP contribution in [0.1, 0.15) is 5.56 Å². The van der Waals surface area contributed by atoms with Gasteiger partial charge in [0.2, 0.25) is 0 Å². The molecule has 0 amide bonds. The summed E-state index contributed by atoms with van der Waals surface area (Å²) >= 11 is 0. The minimum absolute atomic E-state index is 0.513. The molecule has 3 nitrogen and oxygen atoms in total. The maximum atomic E-state index is 8.95. The molecule has 0 unspecified atom stereocenters. The molecule has 0 bridgehead atoms. The SMILES string of the molecule is N#Cc1c(N)cccc1-n1cccc1. The average Bonchev–Trinajstić information content (AvgIpc) is 2.70. The van der Waals surface area contributed by atoms with Crippen molar-refractivity contribution in [3.63, 3.8) is 0 Å². The molecule has 0 spiro atoms. The third kappa shape index (κ3) is 1.23. The Kier molecular flexibility index (Phi) is 1.96. The Morgan fingerprint density at radius 2 is 1.86 bits per heavy atom. The van der Waals surface area contributed by atoms with E-state index in [1.807, 2.05) is 41.2 Å². The summed E-state index contributed by atoms with van der Waals surface area (Å²) in [6.07, 6.45) is 3.77. The van der Waals surface area contributed by atoms with Crippen LogP contribution in [0, 0.1) is 11.3 Å². The summed E-state index contributed by atoms with van der Waals surface area (Å²) in [5.41, 5.74) is 7.55. The topological polar surface area (TPSA) is 54.7 Å². The number of anilines is 1. The summed E-state index contributed by atoms with van der Waals surface area (Å²) in [4.78, 5) is 0. The normalized spacial score (nSPS) is 9.64. The first-order valence-electron chi connectivity index (χ1n) is 4.25. The van der Waals surface area contributed by atoms with Gasteiger partial charge in [-0.1, -0.05) is 6.07 Å². The van der Waals surface area contributed by atoms with Crippen molar-refractivity contribution in [1.29, 1.82) is 5.26 Å². The molecule has 0 saturated carbocycles. The molecule has 2 rings (SSSR count). The van der Waals surface area contributed by atoms with E-state index in [2.05, 4.69) is 6.07 Å². The maximum Gasteiger partial charge on any atom is 0.104 e. The number of aromatic nitrogens is 1. The zero-order valence-electron chi connectivity index (χ0n) is 7.51. The van der Waals surface area contributed by atoms with E-state index in [0.717, 1.165) is 5.69 Å². The molecule has 0 aliphatic rings. The molecule has 3 heteroatoms. The second kappa shape index (κ2) is 3.27. The Labute approximate surface area is 82.0 Å². The van der Waals surface area contributed by atoms with Gasteiger partial charge in [-0.15, -0.1) is 0 Å². The number of rotatable bonds is 1. The first kappa shape index (κ1) is 8.39. The first-order chi connectivity index (χ1) is 6.83. The molecule has 1 aromatic heterocycles. The largest absolute Gasteiger partial charge is 0.398 e. The van der Waals surface area contributed by atoms with Crippen molar-refractivity contribution in [2.24, 2.45) is 0 Å². The number of hydrogen-bond donors (Lipinski definition) is 1. The van der Waals surface area contributed by atoms with Gasteiger partial charge in [-0.05, 0) is 24.3 Å². The summed E-state index contributed by atoms with van der Waals surface area (Å²) in [5, 5.41) is 8.95. The molecule has 68 valence electrons. The number of nitrogens with two attached hydrogens (primary N) is 1. The van der Waals surface area contributed by atoms with E-state index >= 15 is 0 Å². The van der Waals surface area contributed by atoms with Gasteiger partial charge < -0.3 is 10.3 Å². The zero-order chi connectivity index (χ0) is 9.97. The quantitative estimate of drug-likeness (QED) is 0.687. The molecule has 0 aliphatic carbocycles. The highest BCUT2D eigenvalue weighted by Crippen LogP contribution is 2.19. The van der Waals surface area contributed by atoms with Gasteiger partial charge in [0.1, 0.15) is 6.07 Å². The molecule has 2 aromatic rings. The molecular formula is C11H9N3. The standard InChI is InChI=1S/C11H9N3/c12-8-9-10(13)4-3-5-11(9)14-6-1-2-7-14/h1-7H,13H2. The number of nitrogens with zero attached hydrogens (tertiary/aromatic N) is 2. The van der Waals surface area contributed by atoms with Crippen LogP contribution >= 0.6 is 0 Å². The monoisotopic (exact) mass is 183 g/mol. The Bertz CT molecular complexity index is 478. The second-order valence-corrected chi connectivity index (χ2v) is 2.94. The first-order valence-corrected chi connectivity index (χ1v) is 4.25. The van der Waals surface area contributed by atoms with Gasteiger partial charge in [0.25, 0.3) is 0 Å². The van der Waals surface area contributed by atoms with Crippen LogP contribution in [0.2, 0.25) is 0 Å². The molecule has 1 aromatic carbocycles. The lowest BCUT2D eigenvalue weighted by Gasteiger charge is -2.06. The van der Waals surface area contributed by atoms with Crippen molar-refractivity contribution in [3.8, 4) is 11.8 Å². The van der Waals surface area contributed by atoms with Crippen molar-refractivity contribution < 1.29 is 0 Å². The minimum atomic E-state index is 0.513. The highest BCUT2D eigenvalue weighted by atomic mass is 14.9. The third-order valence-corrected chi connectivity index (χ3v) is 2.07. The smallest absolute Gasteiger partial charge is 0.104 e. The number of hydrogen-bond acceptors (Lipinski definition) is 2. The summed E-state index contributed by atoms with van der Waals surface area (Å²) < 4.78 is 1.87. The molecule has 1 heterocycles. The van der Waals surface area contributed by atoms with Crippen LogP contribution in [0.15, 0.2) is 42.7 Å². The van der Waals surface area contributed by atoms with Gasteiger partial charge in [-0.2, -0.15) is 5.26 Å². The predicted octanol–water partition coefficient (Wildman–Crippen LogP) is 1.93. The van der Waals surface area contributed by atoms with Gasteiger partial charge in [0, 0.05) is 12.4 Å². The van der Waals surface area contributed by atoms with Crippen LogP contribution in [0.4, 0.5) is 5.69 Å². The fourth-order valence-electron chi connectivity index (χ4n) is 1.39. The molecule has 14 heavy (non-hydrogen) atoms. The summed E-state index contributed by atoms with van der Waals surface area (Å²) in [5.74, 6) is 0. The molecule has 0 saturated heterocycles. The Balaban J connectivity index is 2.66. The Hall–Kier alpha value is -2.21. The molecule has 0 aliphatic heterocycles. The van der Waals surface area contributed by atoms with E-state index in [1.165, 1.54) is 0 Å². The molecule has 0 radical (unpaired) electrons. The summed E-state index contributed by atoms with van der Waals surface area (Å²) in [6, 6.07) is 11.4. The van der Waals surface area contributed by atoms with Crippen molar-refractivity contribution >= 4 is 5.69 Å². The fourth-order valence-corrected chi connectivity index (χ4v) is 1.39. The average molecular weight is 183 g/mol. The van der Waals surface area contributed by atoms with Crippen molar-refractivity contribution in [3.05, 3.63) is 48.3 Å². The molecular weight excluding hydrogens is 174 g/mol. The van der Waals surface area contributed by atoms with Crippen molar-refractivity contribution in [1.82, 2.24) is 4.57 Å². The Morgan fingerprint density at radius 3 is 2.50 bits per heavy atom. The summed E-state index contributed by atoms with van der Waals surface area (Å²) in [6.45, 7) is 0. The summed E-state index contributed by atoms with van der Waals surface area (Å²) in [7, 11) is 0. The van der Waals surface area contributed by atoms with Gasteiger partial charge in [0.15, 0.2) is 0 Å². The van der Waals surface area contributed by atoms with Gasteiger partial charge in [-0.25, -0.2) is 0 Å². The lowest BCUT2D eigenvalue weighted by Crippen LogP contribution is -1.98. The van der Waals surface area contributed by atoms with E-state index in [0.29, 0.717) is 11.3 Å². The van der Waals surface area contributed by atoms with Crippen LogP contribution in [-0.2, 0) is 0 Å². The zero-order valence-corrected chi connectivity index (χ0v) is 7.51. The van der Waals surface area contributed by atoms with Crippen molar-refractivity contribution in [2.45, 2.75) is 0 Å². The van der Waals surface area contributed by atoms with Crippen LogP contribution in [0.3, 0.4) is 0 Å². The predicted molar refractivity (Wildman–Crippen MR) is 54.9 cm³/mol. The van der Waals surface area contributed by atoms with E-state index in [1.54, 1.807) is 6.07 Å². The van der Waals surface area contributed by atoms with Gasteiger partial charge in [-0.3, -0.25) is 0 Å². The number of nitriles is 1. The van der Waals surface area contributed by atoms with Gasteiger partial charge in [0.05, 0.1) is 16.9 Å². The van der Waals surface area contributed by atoms with Crippen LogP contribution in [0.5, 0.6) is 0 Å². The van der Waals surface area contributed by atoms with Gasteiger partial charge >= 0.3 is 0 Å².